The van der Waals surface area contributed by atoms with Crippen LogP contribution in [0.4, 0.5) is 0 Å². The Morgan fingerprint density at radius 2 is 1.14 bits per heavy atom. The van der Waals surface area contributed by atoms with Crippen LogP contribution in [-0.2, 0) is 33.3 Å². The molecule has 2 rings (SSSR count). The van der Waals surface area contributed by atoms with Gasteiger partial charge in [0.05, 0.1) is 26.4 Å². The number of unbranched alkanes of at least 4 members (excludes halogenated alkanes) is 2. The van der Waals surface area contributed by atoms with Crippen molar-refractivity contribution in [2.75, 3.05) is 119 Å². The molecule has 0 saturated carbocycles. The Bertz CT molecular complexity index is 687. The highest BCUT2D eigenvalue weighted by Crippen LogP contribution is 2.19. The van der Waals surface area contributed by atoms with E-state index < -0.39 is 0 Å². The number of hydrogen-bond donors (Lipinski definition) is 2. The Labute approximate surface area is 261 Å². The van der Waals surface area contributed by atoms with Crippen LogP contribution in [0.5, 0.6) is 0 Å². The first-order valence-corrected chi connectivity index (χ1v) is 16.9. The van der Waals surface area contributed by atoms with Crippen molar-refractivity contribution in [2.24, 2.45) is 11.8 Å². The van der Waals surface area contributed by atoms with E-state index >= 15 is 0 Å². The van der Waals surface area contributed by atoms with Gasteiger partial charge in [-0.1, -0.05) is 6.92 Å². The van der Waals surface area contributed by atoms with Crippen molar-refractivity contribution >= 4 is 11.8 Å². The Morgan fingerprint density at radius 3 is 1.79 bits per heavy atom. The number of carbonyl (C=O) groups excluding carboxylic acids is 2. The van der Waals surface area contributed by atoms with Gasteiger partial charge >= 0.3 is 0 Å². The molecule has 2 saturated heterocycles. The molecule has 2 N–H and O–H groups in total. The van der Waals surface area contributed by atoms with Crippen LogP contribution in [0.2, 0.25) is 0 Å². The number of likely N-dealkylation sites (N-methyl/N-ethyl adjacent to an activating group) is 1. The van der Waals surface area contributed by atoms with Crippen molar-refractivity contribution in [3.63, 3.8) is 0 Å². The van der Waals surface area contributed by atoms with E-state index in [0.717, 1.165) is 90.6 Å². The third-order valence-corrected chi connectivity index (χ3v) is 8.33. The van der Waals surface area contributed by atoms with E-state index in [1.54, 1.807) is 7.05 Å². The summed E-state index contributed by atoms with van der Waals surface area (Å²) in [5, 5.41) is 5.53. The Kier molecular flexibility index (Phi) is 22.8. The summed E-state index contributed by atoms with van der Waals surface area (Å²) in [4.78, 5) is 28.1. The van der Waals surface area contributed by atoms with Gasteiger partial charge in [-0.3, -0.25) is 9.59 Å². The summed E-state index contributed by atoms with van der Waals surface area (Å²) in [5.74, 6) is 1.41. The normalized spacial score (nSPS) is 17.3. The zero-order chi connectivity index (χ0) is 30.8. The lowest BCUT2D eigenvalue weighted by molar-refractivity contribution is -0.126. The predicted molar refractivity (Wildman–Crippen MR) is 168 cm³/mol. The fourth-order valence-electron chi connectivity index (χ4n) is 5.31. The number of piperidine rings is 2. The van der Waals surface area contributed by atoms with Gasteiger partial charge in [-0.15, -0.1) is 0 Å². The highest BCUT2D eigenvalue weighted by Gasteiger charge is 2.19. The monoisotopic (exact) mass is 614 g/mol. The summed E-state index contributed by atoms with van der Waals surface area (Å²) >= 11 is 0. The van der Waals surface area contributed by atoms with E-state index in [4.69, 9.17) is 23.7 Å². The Balaban J connectivity index is 1.27. The zero-order valence-corrected chi connectivity index (χ0v) is 27.3. The molecule has 2 amide bonds. The highest BCUT2D eigenvalue weighted by atomic mass is 16.5. The molecule has 0 aromatic carbocycles. The number of hydrogen-bond acceptors (Lipinski definition) is 9. The number of carbonyl (C=O) groups is 2. The maximum absolute atomic E-state index is 12.1. The minimum absolute atomic E-state index is 0.00947. The maximum atomic E-state index is 12.1. The van der Waals surface area contributed by atoms with Crippen molar-refractivity contribution in [3.05, 3.63) is 0 Å². The van der Waals surface area contributed by atoms with Gasteiger partial charge in [0, 0.05) is 53.1 Å². The van der Waals surface area contributed by atoms with Crippen molar-refractivity contribution in [1.29, 1.82) is 0 Å². The molecule has 0 radical (unpaired) electrons. The van der Waals surface area contributed by atoms with E-state index in [1.165, 1.54) is 38.8 Å². The predicted octanol–water partition coefficient (Wildman–Crippen LogP) is 2.33. The average Bonchev–Trinajstić information content (AvgIpc) is 3.02. The molecule has 0 bridgehead atoms. The third kappa shape index (κ3) is 21.1. The fraction of sp³-hybridized carbons (Fsp3) is 0.938. The van der Waals surface area contributed by atoms with E-state index in [1.807, 2.05) is 0 Å². The number of ether oxygens (including phenoxy) is 5. The van der Waals surface area contributed by atoms with Crippen LogP contribution >= 0.6 is 0 Å². The van der Waals surface area contributed by atoms with E-state index in [-0.39, 0.29) is 25.0 Å². The Morgan fingerprint density at radius 1 is 0.628 bits per heavy atom. The molecule has 0 aromatic rings. The summed E-state index contributed by atoms with van der Waals surface area (Å²) in [7, 11) is 1.59. The molecule has 43 heavy (non-hydrogen) atoms. The van der Waals surface area contributed by atoms with Crippen molar-refractivity contribution in [3.8, 4) is 0 Å². The van der Waals surface area contributed by atoms with Crippen LogP contribution in [0.3, 0.4) is 0 Å². The van der Waals surface area contributed by atoms with Crippen molar-refractivity contribution < 1.29 is 33.3 Å². The van der Waals surface area contributed by atoms with E-state index in [2.05, 4.69) is 27.4 Å². The second-order valence-electron chi connectivity index (χ2n) is 12.0. The zero-order valence-electron chi connectivity index (χ0n) is 27.3. The molecule has 11 heteroatoms. The number of nitrogens with zero attached hydrogens (tertiary/aromatic N) is 2. The second kappa shape index (κ2) is 25.9. The lowest BCUT2D eigenvalue weighted by Crippen LogP contribution is -2.37. The van der Waals surface area contributed by atoms with Gasteiger partial charge < -0.3 is 44.1 Å². The van der Waals surface area contributed by atoms with Gasteiger partial charge in [0.2, 0.25) is 11.8 Å². The smallest absolute Gasteiger partial charge is 0.245 e. The van der Waals surface area contributed by atoms with Gasteiger partial charge in [0.15, 0.2) is 0 Å². The summed E-state index contributed by atoms with van der Waals surface area (Å²) in [6.45, 7) is 15.2. The molecular formula is C32H62N4O7. The molecule has 2 heterocycles. The van der Waals surface area contributed by atoms with Crippen LogP contribution in [-0.4, -0.2) is 141 Å². The molecule has 0 aliphatic carbocycles. The minimum atomic E-state index is -0.130. The standard InChI is InChI=1S/C32H62N4O7/c1-29-8-13-35(14-9-29)17-23-39-19-4-3-5-20-42-28-32(38)34-12-7-30-10-15-36(16-11-30)18-24-40-21-6-22-41-25-26-43-27-31(37)33-2/h29-30H,3-28H2,1-2H3,(H,33,37)(H,34,38). The van der Waals surface area contributed by atoms with Gasteiger partial charge in [0.1, 0.15) is 13.2 Å². The van der Waals surface area contributed by atoms with Gasteiger partial charge in [-0.2, -0.15) is 0 Å². The summed E-state index contributed by atoms with van der Waals surface area (Å²) in [6, 6.07) is 0. The van der Waals surface area contributed by atoms with Gasteiger partial charge in [-0.25, -0.2) is 0 Å². The van der Waals surface area contributed by atoms with E-state index in [9.17, 15) is 9.59 Å². The maximum Gasteiger partial charge on any atom is 0.245 e. The highest BCUT2D eigenvalue weighted by molar-refractivity contribution is 5.77. The first-order valence-electron chi connectivity index (χ1n) is 16.9. The topological polar surface area (TPSA) is 111 Å². The largest absolute Gasteiger partial charge is 0.380 e. The minimum Gasteiger partial charge on any atom is -0.380 e. The molecular weight excluding hydrogens is 552 g/mol. The lowest BCUT2D eigenvalue weighted by Gasteiger charge is -2.31. The van der Waals surface area contributed by atoms with Gasteiger partial charge in [0.25, 0.3) is 0 Å². The molecule has 0 atom stereocenters. The summed E-state index contributed by atoms with van der Waals surface area (Å²) in [6.07, 6.45) is 9.95. The molecule has 2 aliphatic heterocycles. The number of rotatable bonds is 26. The summed E-state index contributed by atoms with van der Waals surface area (Å²) < 4.78 is 27.8. The quantitative estimate of drug-likeness (QED) is 0.142. The number of nitrogens with one attached hydrogen (secondary N) is 2. The van der Waals surface area contributed by atoms with Crippen LogP contribution < -0.4 is 10.6 Å². The molecule has 0 unspecified atom stereocenters. The molecule has 11 nitrogen and oxygen atoms in total. The second-order valence-corrected chi connectivity index (χ2v) is 12.0. The fourth-order valence-corrected chi connectivity index (χ4v) is 5.31. The van der Waals surface area contributed by atoms with Crippen molar-refractivity contribution in [2.45, 2.75) is 64.7 Å². The van der Waals surface area contributed by atoms with Crippen LogP contribution in [0.1, 0.15) is 64.7 Å². The average molecular weight is 615 g/mol. The third-order valence-electron chi connectivity index (χ3n) is 8.33. The molecule has 0 aromatic heterocycles. The van der Waals surface area contributed by atoms with E-state index in [0.29, 0.717) is 39.0 Å². The number of amides is 2. The molecule has 2 fully saturated rings. The SMILES string of the molecule is CNC(=O)COCCOCCCOCCN1CCC(CCNC(=O)COCCCCCOCCN2CCC(C)CC2)CC1. The lowest BCUT2D eigenvalue weighted by atomic mass is 9.93. The molecule has 0 spiro atoms. The van der Waals surface area contributed by atoms with Crippen molar-refractivity contribution in [1.82, 2.24) is 20.4 Å². The molecule has 252 valence electrons. The van der Waals surface area contributed by atoms with Crippen LogP contribution in [0.15, 0.2) is 0 Å². The van der Waals surface area contributed by atoms with Gasteiger partial charge in [-0.05, 0) is 95.8 Å². The van der Waals surface area contributed by atoms with Crippen LogP contribution in [0, 0.1) is 11.8 Å². The molecule has 2 aliphatic rings. The first kappa shape index (κ1) is 37.8. The Hall–Kier alpha value is -1.34. The summed E-state index contributed by atoms with van der Waals surface area (Å²) in [5.41, 5.74) is 0. The first-order chi connectivity index (χ1) is 21.1. The number of likely N-dealkylation sites (tertiary alicyclic amines) is 2. The van der Waals surface area contributed by atoms with Crippen LogP contribution in [0.25, 0.3) is 0 Å².